The van der Waals surface area contributed by atoms with Crippen molar-refractivity contribution in [3.63, 3.8) is 0 Å². The number of phenols is 1. The second-order valence-corrected chi connectivity index (χ2v) is 4.49. The molecule has 1 aromatic heterocycles. The molecular formula is C14H12N4O3. The minimum absolute atomic E-state index is 0.0594. The van der Waals surface area contributed by atoms with Crippen molar-refractivity contribution in [1.82, 2.24) is 20.5 Å². The number of benzene rings is 2. The first kappa shape index (κ1) is 12.9. The summed E-state index contributed by atoms with van der Waals surface area (Å²) in [6.45, 7) is 0.0594. The van der Waals surface area contributed by atoms with E-state index in [2.05, 4.69) is 20.5 Å². The van der Waals surface area contributed by atoms with E-state index in [0.29, 0.717) is 11.2 Å². The molecule has 0 unspecified atom stereocenters. The van der Waals surface area contributed by atoms with Gasteiger partial charge < -0.3 is 10.4 Å². The molecule has 0 aliphatic carbocycles. The summed E-state index contributed by atoms with van der Waals surface area (Å²) in [7, 11) is 0. The highest BCUT2D eigenvalue weighted by molar-refractivity contribution is 6.03. The number of hydrogen-bond acceptors (Lipinski definition) is 4. The summed E-state index contributed by atoms with van der Waals surface area (Å²) in [6.07, 6.45) is 0. The van der Waals surface area contributed by atoms with Gasteiger partial charge in [0, 0.05) is 5.39 Å². The molecule has 7 nitrogen and oxygen atoms in total. The van der Waals surface area contributed by atoms with Crippen molar-refractivity contribution in [1.29, 1.82) is 0 Å². The van der Waals surface area contributed by atoms with Crippen molar-refractivity contribution in [3.05, 3.63) is 58.3 Å². The van der Waals surface area contributed by atoms with Gasteiger partial charge in [-0.2, -0.15) is 5.10 Å². The maximum Gasteiger partial charge on any atom is 0.340 e. The number of phenolic OH excluding ortho intramolecular Hbond substituents is 1. The lowest BCUT2D eigenvalue weighted by molar-refractivity contribution is 0.0947. The minimum atomic E-state index is -0.442. The second kappa shape index (κ2) is 5.12. The zero-order chi connectivity index (χ0) is 14.8. The van der Waals surface area contributed by atoms with Crippen LogP contribution in [0.25, 0.3) is 10.8 Å². The lowest BCUT2D eigenvalue weighted by Gasteiger charge is -2.08. The Hall–Kier alpha value is -3.09. The molecule has 1 amide bonds. The van der Waals surface area contributed by atoms with Crippen LogP contribution in [0.5, 0.6) is 5.75 Å². The Bertz CT molecular complexity index is 866. The van der Waals surface area contributed by atoms with E-state index in [1.165, 1.54) is 0 Å². The number of amides is 1. The summed E-state index contributed by atoms with van der Waals surface area (Å²) in [5, 5.41) is 20.1. The van der Waals surface area contributed by atoms with Crippen molar-refractivity contribution < 1.29 is 9.90 Å². The van der Waals surface area contributed by atoms with Gasteiger partial charge in [0.1, 0.15) is 11.6 Å². The molecule has 0 aliphatic rings. The molecule has 106 valence electrons. The molecule has 0 bridgehead atoms. The molecule has 1 heterocycles. The fraction of sp³-hybridized carbons (Fsp3) is 0.0714. The van der Waals surface area contributed by atoms with Gasteiger partial charge in [-0.05, 0) is 11.5 Å². The van der Waals surface area contributed by atoms with Crippen LogP contribution in [0.2, 0.25) is 0 Å². The number of hydrogen-bond donors (Lipinski definition) is 4. The summed E-state index contributed by atoms with van der Waals surface area (Å²) < 4.78 is 0. The zero-order valence-corrected chi connectivity index (χ0v) is 10.9. The molecule has 21 heavy (non-hydrogen) atoms. The Morgan fingerprint density at radius 3 is 2.81 bits per heavy atom. The quantitative estimate of drug-likeness (QED) is 0.572. The molecule has 0 spiro atoms. The molecule has 0 saturated heterocycles. The van der Waals surface area contributed by atoms with Crippen LogP contribution in [0.4, 0.5) is 0 Å². The zero-order valence-electron chi connectivity index (χ0n) is 10.9. The first-order valence-electron chi connectivity index (χ1n) is 6.27. The largest absolute Gasteiger partial charge is 0.506 e. The topological polar surface area (TPSA) is 111 Å². The molecule has 7 heteroatoms. The van der Waals surface area contributed by atoms with Crippen LogP contribution >= 0.6 is 0 Å². The summed E-state index contributed by atoms with van der Waals surface area (Å²) in [6, 6.07) is 10.6. The Balaban J connectivity index is 1.84. The summed E-state index contributed by atoms with van der Waals surface area (Å²) in [5.74, 6) is -0.197. The molecule has 0 radical (unpaired) electrons. The third kappa shape index (κ3) is 2.48. The van der Waals surface area contributed by atoms with Crippen molar-refractivity contribution in [2.24, 2.45) is 0 Å². The highest BCUT2D eigenvalue weighted by atomic mass is 16.3. The molecule has 2 aromatic carbocycles. The van der Waals surface area contributed by atoms with E-state index in [4.69, 9.17) is 0 Å². The fourth-order valence-corrected chi connectivity index (χ4v) is 2.09. The van der Waals surface area contributed by atoms with Crippen LogP contribution in [0.3, 0.4) is 0 Å². The molecule has 3 rings (SSSR count). The van der Waals surface area contributed by atoms with E-state index in [1.807, 2.05) is 12.1 Å². The van der Waals surface area contributed by atoms with E-state index >= 15 is 0 Å². The van der Waals surface area contributed by atoms with E-state index in [0.717, 1.165) is 5.39 Å². The number of aromatic nitrogens is 3. The first-order valence-corrected chi connectivity index (χ1v) is 6.27. The lowest BCUT2D eigenvalue weighted by atomic mass is 10.0. The third-order valence-electron chi connectivity index (χ3n) is 3.11. The number of rotatable bonds is 3. The van der Waals surface area contributed by atoms with Crippen LogP contribution in [-0.4, -0.2) is 26.2 Å². The van der Waals surface area contributed by atoms with Crippen LogP contribution in [-0.2, 0) is 6.54 Å². The van der Waals surface area contributed by atoms with Gasteiger partial charge in [-0.1, -0.05) is 30.3 Å². The average Bonchev–Trinajstić information content (AvgIpc) is 2.91. The maximum atomic E-state index is 12.1. The van der Waals surface area contributed by atoms with Crippen molar-refractivity contribution in [2.45, 2.75) is 6.54 Å². The Kier molecular flexibility index (Phi) is 3.15. The highest BCUT2D eigenvalue weighted by Gasteiger charge is 2.13. The van der Waals surface area contributed by atoms with Gasteiger partial charge in [-0.15, -0.1) is 0 Å². The SMILES string of the molecule is O=C(NCc1n[nH]c(=O)[nH]1)c1ccc2ccccc2c1O. The second-order valence-electron chi connectivity index (χ2n) is 4.49. The Morgan fingerprint density at radius 1 is 1.24 bits per heavy atom. The van der Waals surface area contributed by atoms with Crippen molar-refractivity contribution in [3.8, 4) is 5.75 Å². The number of fused-ring (bicyclic) bond motifs is 1. The number of aromatic amines is 2. The van der Waals surface area contributed by atoms with Crippen LogP contribution < -0.4 is 11.0 Å². The first-order chi connectivity index (χ1) is 10.1. The molecule has 0 atom stereocenters. The summed E-state index contributed by atoms with van der Waals surface area (Å²) in [4.78, 5) is 25.4. The maximum absolute atomic E-state index is 12.1. The third-order valence-corrected chi connectivity index (χ3v) is 3.11. The van der Waals surface area contributed by atoms with E-state index in [1.54, 1.807) is 24.3 Å². The van der Waals surface area contributed by atoms with E-state index in [-0.39, 0.29) is 17.9 Å². The molecule has 0 saturated carbocycles. The number of nitrogens with one attached hydrogen (secondary N) is 3. The lowest BCUT2D eigenvalue weighted by Crippen LogP contribution is -2.23. The highest BCUT2D eigenvalue weighted by Crippen LogP contribution is 2.28. The predicted octanol–water partition coefficient (Wildman–Crippen LogP) is 0.887. The predicted molar refractivity (Wildman–Crippen MR) is 76.0 cm³/mol. The van der Waals surface area contributed by atoms with E-state index < -0.39 is 11.6 Å². The summed E-state index contributed by atoms with van der Waals surface area (Å²) >= 11 is 0. The summed E-state index contributed by atoms with van der Waals surface area (Å²) in [5.41, 5.74) is -0.264. The van der Waals surface area contributed by atoms with Gasteiger partial charge >= 0.3 is 5.69 Å². The van der Waals surface area contributed by atoms with Gasteiger partial charge in [0.05, 0.1) is 12.1 Å². The van der Waals surface area contributed by atoms with Crippen LogP contribution in [0.15, 0.2) is 41.2 Å². The van der Waals surface area contributed by atoms with Crippen LogP contribution in [0.1, 0.15) is 16.2 Å². The number of H-pyrrole nitrogens is 2. The van der Waals surface area contributed by atoms with Gasteiger partial charge in [0.2, 0.25) is 0 Å². The van der Waals surface area contributed by atoms with Gasteiger partial charge in [-0.3, -0.25) is 9.78 Å². The Labute approximate surface area is 118 Å². The molecule has 0 fully saturated rings. The number of carbonyl (C=O) groups is 1. The minimum Gasteiger partial charge on any atom is -0.506 e. The normalized spacial score (nSPS) is 10.7. The molecule has 4 N–H and O–H groups in total. The molecular weight excluding hydrogens is 272 g/mol. The van der Waals surface area contributed by atoms with Crippen LogP contribution in [0, 0.1) is 0 Å². The number of aromatic hydroxyl groups is 1. The molecule has 3 aromatic rings. The van der Waals surface area contributed by atoms with Gasteiger partial charge in [0.25, 0.3) is 5.91 Å². The number of nitrogens with zero attached hydrogens (tertiary/aromatic N) is 1. The smallest absolute Gasteiger partial charge is 0.340 e. The Morgan fingerprint density at radius 2 is 2.05 bits per heavy atom. The standard InChI is InChI=1S/C14H12N4O3/c19-12-9-4-2-1-3-8(9)5-6-10(12)13(20)15-7-11-16-14(21)18-17-11/h1-6,19H,7H2,(H,15,20)(H2,16,17,18,21). The monoisotopic (exact) mass is 284 g/mol. The average molecular weight is 284 g/mol. The van der Waals surface area contributed by atoms with Crippen molar-refractivity contribution >= 4 is 16.7 Å². The van der Waals surface area contributed by atoms with Gasteiger partial charge in [-0.25, -0.2) is 9.89 Å². The van der Waals surface area contributed by atoms with Crippen molar-refractivity contribution in [2.75, 3.05) is 0 Å². The number of carbonyl (C=O) groups excluding carboxylic acids is 1. The molecule has 0 aliphatic heterocycles. The fourth-order valence-electron chi connectivity index (χ4n) is 2.09. The van der Waals surface area contributed by atoms with Gasteiger partial charge in [0.15, 0.2) is 0 Å². The van der Waals surface area contributed by atoms with E-state index in [9.17, 15) is 14.7 Å².